The van der Waals surface area contributed by atoms with E-state index >= 15 is 0 Å². The van der Waals surface area contributed by atoms with Crippen molar-refractivity contribution in [1.29, 1.82) is 0 Å². The Bertz CT molecular complexity index is 1570. The van der Waals surface area contributed by atoms with E-state index in [9.17, 15) is 15.0 Å². The lowest BCUT2D eigenvalue weighted by Crippen LogP contribution is -2.56. The van der Waals surface area contributed by atoms with Crippen LogP contribution in [0.4, 0.5) is 0 Å². The van der Waals surface area contributed by atoms with Gasteiger partial charge in [-0.25, -0.2) is 0 Å². The zero-order valence-electron chi connectivity index (χ0n) is 28.8. The second-order valence-electron chi connectivity index (χ2n) is 14.6. The van der Waals surface area contributed by atoms with Crippen molar-refractivity contribution in [2.75, 3.05) is 35.0 Å². The molecule has 4 aliphatic carbocycles. The number of aliphatic hydroxyl groups excluding tert-OH is 1. The molecule has 0 heterocycles. The summed E-state index contributed by atoms with van der Waals surface area (Å²) in [5, 5.41) is 23.1. The molecule has 0 radical (unpaired) electrons. The molecule has 0 aliphatic heterocycles. The molecule has 2 N–H and O–H groups in total. The number of rotatable bonds is 10. The molecule has 0 aromatic heterocycles. The molecule has 8 nitrogen and oxygen atoms in total. The van der Waals surface area contributed by atoms with E-state index in [1.54, 1.807) is 28.4 Å². The van der Waals surface area contributed by atoms with Crippen LogP contribution < -0.4 is 18.9 Å². The molecule has 8 heteroatoms. The molecule has 3 saturated carbocycles. The fourth-order valence-corrected chi connectivity index (χ4v) is 9.37. The van der Waals surface area contributed by atoms with Crippen LogP contribution in [0.1, 0.15) is 69.9 Å². The number of nitrogens with zero attached hydrogens (tertiary/aromatic N) is 1. The third-order valence-electron chi connectivity index (χ3n) is 12.3. The number of methoxy groups -OCH3 is 4. The van der Waals surface area contributed by atoms with Gasteiger partial charge in [0.15, 0.2) is 11.5 Å². The fraction of sp³-hybridized carbons (Fsp3) is 0.564. The predicted octanol–water partition coefficient (Wildman–Crippen LogP) is 6.27. The summed E-state index contributed by atoms with van der Waals surface area (Å²) in [7, 11) is 6.41. The van der Waals surface area contributed by atoms with Gasteiger partial charge in [0, 0.05) is 23.6 Å². The van der Waals surface area contributed by atoms with Crippen LogP contribution in [0.15, 0.2) is 59.7 Å². The van der Waals surface area contributed by atoms with Crippen LogP contribution in [0.2, 0.25) is 0 Å². The van der Waals surface area contributed by atoms with Gasteiger partial charge < -0.3 is 34.1 Å². The number of ether oxygens (including phenoxy) is 4. The number of carbonyl (C=O) groups excluding carboxylic acids is 1. The van der Waals surface area contributed by atoms with Crippen LogP contribution >= 0.6 is 0 Å². The number of amides is 1. The number of allylic oxidation sites excluding steroid dienone is 3. The minimum atomic E-state index is -1.07. The first kappa shape index (κ1) is 33.4. The second-order valence-corrected chi connectivity index (χ2v) is 14.6. The molecule has 6 rings (SSSR count). The lowest BCUT2D eigenvalue weighted by Gasteiger charge is -2.56. The summed E-state index contributed by atoms with van der Waals surface area (Å²) < 4.78 is 22.1. The Morgan fingerprint density at radius 2 is 1.60 bits per heavy atom. The second kappa shape index (κ2) is 12.8. The molecule has 254 valence electrons. The molecule has 2 aromatic rings. The molecule has 0 saturated heterocycles. The zero-order valence-corrected chi connectivity index (χ0v) is 28.8. The van der Waals surface area contributed by atoms with Gasteiger partial charge in [-0.05, 0) is 92.0 Å². The van der Waals surface area contributed by atoms with Crippen molar-refractivity contribution in [1.82, 2.24) is 4.90 Å². The monoisotopic (exact) mass is 645 g/mol. The van der Waals surface area contributed by atoms with Crippen LogP contribution in [-0.4, -0.2) is 67.7 Å². The molecule has 47 heavy (non-hydrogen) atoms. The van der Waals surface area contributed by atoms with Gasteiger partial charge in [0.1, 0.15) is 11.5 Å². The summed E-state index contributed by atoms with van der Waals surface area (Å²) in [5.74, 6) is 3.08. The Hall–Kier alpha value is -3.49. The number of hydrogen-bond donors (Lipinski definition) is 2. The minimum Gasteiger partial charge on any atom is -0.497 e. The van der Waals surface area contributed by atoms with Gasteiger partial charge in [-0.15, -0.1) is 0 Å². The molecular weight excluding hydrogens is 594 g/mol. The normalized spacial score (nSPS) is 31.0. The highest BCUT2D eigenvalue weighted by Gasteiger charge is 2.62. The van der Waals surface area contributed by atoms with Crippen LogP contribution in [0.5, 0.6) is 23.0 Å². The fourth-order valence-electron chi connectivity index (χ4n) is 9.37. The van der Waals surface area contributed by atoms with Crippen molar-refractivity contribution in [3.63, 3.8) is 0 Å². The Balaban J connectivity index is 1.31. The maximum absolute atomic E-state index is 14.3. The van der Waals surface area contributed by atoms with E-state index in [0.717, 1.165) is 49.7 Å². The Kier molecular flexibility index (Phi) is 9.13. The van der Waals surface area contributed by atoms with Gasteiger partial charge in [0.2, 0.25) is 5.91 Å². The largest absolute Gasteiger partial charge is 0.497 e. The Labute approximate surface area is 279 Å². The maximum atomic E-state index is 14.3. The molecule has 1 amide bonds. The van der Waals surface area contributed by atoms with Crippen molar-refractivity contribution in [3.8, 4) is 23.0 Å². The maximum Gasteiger partial charge on any atom is 0.227 e. The quantitative estimate of drug-likeness (QED) is 0.315. The lowest BCUT2D eigenvalue weighted by atomic mass is 9.50. The van der Waals surface area contributed by atoms with E-state index < -0.39 is 5.60 Å². The van der Waals surface area contributed by atoms with Gasteiger partial charge in [-0.1, -0.05) is 43.2 Å². The SMILES string of the molecule is COc1ccc(CN(C[C@]2(O)CC[C@H]3C4=CC=C5C[C@@H](O)CC[C@]5(C)[C@H]4CC[C@@]32C)C(=O)Cc2ccc(OC)c(OC)c2)c(OC)c1. The van der Waals surface area contributed by atoms with Crippen LogP contribution in [-0.2, 0) is 17.8 Å². The first-order valence-corrected chi connectivity index (χ1v) is 17.0. The number of benzene rings is 2. The van der Waals surface area contributed by atoms with E-state index in [-0.39, 0.29) is 41.7 Å². The molecule has 0 bridgehead atoms. The smallest absolute Gasteiger partial charge is 0.227 e. The molecule has 3 fully saturated rings. The van der Waals surface area contributed by atoms with Gasteiger partial charge >= 0.3 is 0 Å². The van der Waals surface area contributed by atoms with E-state index in [2.05, 4.69) is 26.0 Å². The van der Waals surface area contributed by atoms with Gasteiger partial charge in [0.25, 0.3) is 0 Å². The standard InChI is InChI=1S/C39H51NO7/c1-37-16-13-28(41)21-27(37)9-11-30-31(37)14-17-38(2)32(30)15-18-39(38,43)24-40(23-26-8-10-29(44-3)22-34(26)46-5)36(42)20-25-7-12-33(45-4)35(19-25)47-6/h7-12,19,22,28,31-32,41,43H,13-18,20-21,23-24H2,1-6H3/t28-,31-,32-,37-,38-,39+/m0/s1. The van der Waals surface area contributed by atoms with Crippen LogP contribution in [0.3, 0.4) is 0 Å². The summed E-state index contributed by atoms with van der Waals surface area (Å²) in [6, 6.07) is 11.2. The summed E-state index contributed by atoms with van der Waals surface area (Å²) in [5.41, 5.74) is 3.11. The van der Waals surface area contributed by atoms with E-state index in [1.165, 1.54) is 11.1 Å². The summed E-state index contributed by atoms with van der Waals surface area (Å²) in [6.45, 7) is 5.16. The Morgan fingerprint density at radius 3 is 2.32 bits per heavy atom. The first-order chi connectivity index (χ1) is 22.5. The third kappa shape index (κ3) is 5.82. The first-order valence-electron chi connectivity index (χ1n) is 17.0. The summed E-state index contributed by atoms with van der Waals surface area (Å²) >= 11 is 0. The van der Waals surface area contributed by atoms with Crippen molar-refractivity contribution in [2.45, 2.75) is 83.5 Å². The molecule has 4 aliphatic rings. The number of hydrogen-bond acceptors (Lipinski definition) is 7. The average molecular weight is 646 g/mol. The summed E-state index contributed by atoms with van der Waals surface area (Å²) in [6.07, 6.45) is 10.5. The van der Waals surface area contributed by atoms with E-state index in [0.29, 0.717) is 41.9 Å². The summed E-state index contributed by atoms with van der Waals surface area (Å²) in [4.78, 5) is 16.1. The average Bonchev–Trinajstić information content (AvgIpc) is 3.34. The number of fused-ring (bicyclic) bond motifs is 5. The van der Waals surface area contributed by atoms with Gasteiger partial charge in [-0.3, -0.25) is 4.79 Å². The number of carbonyl (C=O) groups is 1. The molecular formula is C39H51NO7. The van der Waals surface area contributed by atoms with E-state index in [4.69, 9.17) is 18.9 Å². The zero-order chi connectivity index (χ0) is 33.6. The predicted molar refractivity (Wildman–Crippen MR) is 181 cm³/mol. The third-order valence-corrected chi connectivity index (χ3v) is 12.3. The van der Waals surface area contributed by atoms with Gasteiger partial charge in [-0.2, -0.15) is 0 Å². The van der Waals surface area contributed by atoms with Crippen molar-refractivity contribution < 1.29 is 34.0 Å². The minimum absolute atomic E-state index is 0.0672. The topological polar surface area (TPSA) is 97.7 Å². The van der Waals surface area contributed by atoms with Crippen molar-refractivity contribution in [2.24, 2.45) is 22.7 Å². The van der Waals surface area contributed by atoms with Crippen LogP contribution in [0, 0.1) is 22.7 Å². The molecule has 0 unspecified atom stereocenters. The van der Waals surface area contributed by atoms with Crippen molar-refractivity contribution >= 4 is 5.91 Å². The van der Waals surface area contributed by atoms with Crippen LogP contribution in [0.25, 0.3) is 0 Å². The highest BCUT2D eigenvalue weighted by molar-refractivity contribution is 5.79. The van der Waals surface area contributed by atoms with E-state index in [1.807, 2.05) is 41.3 Å². The lowest BCUT2D eigenvalue weighted by molar-refractivity contribution is -0.143. The van der Waals surface area contributed by atoms with Gasteiger partial charge in [0.05, 0.1) is 53.1 Å². The number of aliphatic hydroxyl groups is 2. The molecule has 6 atom stereocenters. The highest BCUT2D eigenvalue weighted by atomic mass is 16.5. The molecule has 2 aromatic carbocycles. The highest BCUT2D eigenvalue weighted by Crippen LogP contribution is 2.66. The Morgan fingerprint density at radius 1 is 0.851 bits per heavy atom. The van der Waals surface area contributed by atoms with Crippen molar-refractivity contribution in [3.05, 3.63) is 70.8 Å². The molecule has 0 spiro atoms.